The minimum atomic E-state index is 0.861. The Morgan fingerprint density at radius 1 is 0.323 bits per heavy atom. The minimum absolute atomic E-state index is 0.861. The zero-order valence-electron chi connectivity index (χ0n) is 35.4. The summed E-state index contributed by atoms with van der Waals surface area (Å²) in [6, 6.07) is 87.7. The molecule has 0 N–H and O–H groups in total. The summed E-state index contributed by atoms with van der Waals surface area (Å²) in [6.07, 6.45) is 0. The van der Waals surface area contributed by atoms with E-state index in [-0.39, 0.29) is 0 Å². The van der Waals surface area contributed by atoms with Crippen LogP contribution in [0.5, 0.6) is 0 Å². The summed E-state index contributed by atoms with van der Waals surface area (Å²) < 4.78 is 9.10. The molecule has 3 nitrogen and oxygen atoms in total. The summed E-state index contributed by atoms with van der Waals surface area (Å²) in [7, 11) is 0. The van der Waals surface area contributed by atoms with Gasteiger partial charge in [0.15, 0.2) is 0 Å². The molecule has 0 bridgehead atoms. The number of para-hydroxylation sites is 2. The standard InChI is InChI=1S/C62H40N2O/c1-2-14-45-39-49(27-26-41(45)12-1)47-16-9-15-46(38-47)42-28-33-50(34-29-42)63(59-24-11-25-60-61(59)56-37-32-44-13-3-4-19-53(44)62(56)65-60)51-35-30-43(31-36-51)48-17-10-18-52(40-48)64-57-22-7-5-20-54(57)55-21-6-8-23-58(55)64/h1-40H. The monoisotopic (exact) mass is 828 g/mol. The number of rotatable bonds is 7. The van der Waals surface area contributed by atoms with Crippen LogP contribution < -0.4 is 4.90 Å². The quantitative estimate of drug-likeness (QED) is 0.160. The van der Waals surface area contributed by atoms with E-state index in [1.165, 1.54) is 49.3 Å². The predicted molar refractivity (Wildman–Crippen MR) is 274 cm³/mol. The van der Waals surface area contributed by atoms with E-state index in [0.29, 0.717) is 0 Å². The van der Waals surface area contributed by atoms with Crippen molar-refractivity contribution in [3.63, 3.8) is 0 Å². The first-order chi connectivity index (χ1) is 32.2. The molecule has 0 saturated heterocycles. The van der Waals surface area contributed by atoms with E-state index in [2.05, 4.69) is 252 Å². The SMILES string of the molecule is c1cc(-c2ccc(N(c3ccc(-c4cccc(-n5c6ccccc6c6ccccc65)c4)cc3)c3cccc4oc5c6ccccc6ccc5c34)cc2)cc(-c2ccc3ccccc3c2)c1. The van der Waals surface area contributed by atoms with Crippen LogP contribution in [0.15, 0.2) is 247 Å². The zero-order chi connectivity index (χ0) is 42.8. The van der Waals surface area contributed by atoms with Crippen molar-refractivity contribution in [3.05, 3.63) is 243 Å². The van der Waals surface area contributed by atoms with Gasteiger partial charge >= 0.3 is 0 Å². The van der Waals surface area contributed by atoms with Crippen molar-refractivity contribution in [1.29, 1.82) is 0 Å². The third-order valence-corrected chi connectivity index (χ3v) is 13.2. The highest BCUT2D eigenvalue weighted by molar-refractivity contribution is 6.19. The van der Waals surface area contributed by atoms with Gasteiger partial charge in [-0.1, -0.05) is 164 Å². The highest BCUT2D eigenvalue weighted by Crippen LogP contribution is 2.45. The molecule has 0 spiro atoms. The van der Waals surface area contributed by atoms with E-state index in [1.54, 1.807) is 0 Å². The summed E-state index contributed by atoms with van der Waals surface area (Å²) >= 11 is 0. The molecule has 0 fully saturated rings. The first kappa shape index (κ1) is 36.9. The third kappa shape index (κ3) is 6.20. The van der Waals surface area contributed by atoms with Gasteiger partial charge in [0.2, 0.25) is 0 Å². The molecule has 0 aliphatic carbocycles. The lowest BCUT2D eigenvalue weighted by Crippen LogP contribution is -2.10. The molecule has 0 amide bonds. The molecule has 3 heteroatoms. The molecule has 2 heterocycles. The van der Waals surface area contributed by atoms with Crippen LogP contribution in [-0.4, -0.2) is 4.57 Å². The average Bonchev–Trinajstić information content (AvgIpc) is 3.94. The first-order valence-corrected chi connectivity index (χ1v) is 22.2. The lowest BCUT2D eigenvalue weighted by atomic mass is 9.97. The highest BCUT2D eigenvalue weighted by Gasteiger charge is 2.21. The first-order valence-electron chi connectivity index (χ1n) is 22.2. The Morgan fingerprint density at radius 2 is 0.846 bits per heavy atom. The lowest BCUT2D eigenvalue weighted by Gasteiger charge is -2.26. The molecule has 65 heavy (non-hydrogen) atoms. The Hall–Kier alpha value is -8.66. The molecule has 13 rings (SSSR count). The topological polar surface area (TPSA) is 21.3 Å². The van der Waals surface area contributed by atoms with E-state index >= 15 is 0 Å². The second-order valence-electron chi connectivity index (χ2n) is 16.9. The maximum atomic E-state index is 6.72. The fraction of sp³-hybridized carbons (Fsp3) is 0. The van der Waals surface area contributed by atoms with Gasteiger partial charge in [0.1, 0.15) is 11.2 Å². The molecule has 0 aliphatic rings. The van der Waals surface area contributed by atoms with Crippen LogP contribution in [0.4, 0.5) is 17.1 Å². The molecule has 0 saturated carbocycles. The van der Waals surface area contributed by atoms with Crippen molar-refractivity contribution in [1.82, 2.24) is 4.57 Å². The number of anilines is 3. The van der Waals surface area contributed by atoms with Gasteiger partial charge < -0.3 is 13.9 Å². The van der Waals surface area contributed by atoms with Crippen LogP contribution in [0.2, 0.25) is 0 Å². The second kappa shape index (κ2) is 15.0. The fourth-order valence-electron chi connectivity index (χ4n) is 10.0. The summed E-state index contributed by atoms with van der Waals surface area (Å²) in [4.78, 5) is 2.38. The van der Waals surface area contributed by atoms with Gasteiger partial charge in [-0.2, -0.15) is 0 Å². The van der Waals surface area contributed by atoms with Crippen LogP contribution in [0.3, 0.4) is 0 Å². The Kier molecular flexibility index (Phi) is 8.53. The smallest absolute Gasteiger partial charge is 0.143 e. The maximum absolute atomic E-state index is 6.72. The van der Waals surface area contributed by atoms with E-state index in [0.717, 1.165) is 72.2 Å². The summed E-state index contributed by atoms with van der Waals surface area (Å²) in [5.41, 5.74) is 15.5. The number of hydrogen-bond acceptors (Lipinski definition) is 2. The molecular weight excluding hydrogens is 789 g/mol. The third-order valence-electron chi connectivity index (χ3n) is 13.2. The van der Waals surface area contributed by atoms with Crippen molar-refractivity contribution in [2.75, 3.05) is 4.90 Å². The summed E-state index contributed by atoms with van der Waals surface area (Å²) in [5.74, 6) is 0. The Morgan fingerprint density at radius 3 is 1.55 bits per heavy atom. The minimum Gasteiger partial charge on any atom is -0.455 e. The Balaban J connectivity index is 0.917. The van der Waals surface area contributed by atoms with E-state index < -0.39 is 0 Å². The van der Waals surface area contributed by atoms with Crippen LogP contribution >= 0.6 is 0 Å². The average molecular weight is 829 g/mol. The molecule has 304 valence electrons. The molecule has 0 atom stereocenters. The van der Waals surface area contributed by atoms with Gasteiger partial charge in [-0.3, -0.25) is 0 Å². The zero-order valence-corrected chi connectivity index (χ0v) is 35.4. The van der Waals surface area contributed by atoms with Crippen LogP contribution in [0.25, 0.3) is 104 Å². The van der Waals surface area contributed by atoms with E-state index in [9.17, 15) is 0 Å². The molecule has 2 aromatic heterocycles. The number of nitrogens with zero attached hydrogens (tertiary/aromatic N) is 2. The Labute approximate surface area is 376 Å². The van der Waals surface area contributed by atoms with Gasteiger partial charge in [0.25, 0.3) is 0 Å². The second-order valence-corrected chi connectivity index (χ2v) is 16.9. The maximum Gasteiger partial charge on any atom is 0.143 e. The number of furan rings is 1. The van der Waals surface area contributed by atoms with E-state index in [4.69, 9.17) is 4.42 Å². The van der Waals surface area contributed by atoms with Gasteiger partial charge in [-0.25, -0.2) is 0 Å². The molecular formula is C62H40N2O. The lowest BCUT2D eigenvalue weighted by molar-refractivity contribution is 0.672. The van der Waals surface area contributed by atoms with Gasteiger partial charge in [0.05, 0.1) is 22.1 Å². The number of aromatic nitrogens is 1. The van der Waals surface area contributed by atoms with Crippen molar-refractivity contribution in [2.24, 2.45) is 0 Å². The largest absolute Gasteiger partial charge is 0.455 e. The van der Waals surface area contributed by atoms with Crippen LogP contribution in [-0.2, 0) is 0 Å². The van der Waals surface area contributed by atoms with Crippen molar-refractivity contribution >= 4 is 82.4 Å². The van der Waals surface area contributed by atoms with Crippen molar-refractivity contribution < 1.29 is 4.42 Å². The van der Waals surface area contributed by atoms with Crippen molar-refractivity contribution in [3.8, 4) is 39.1 Å². The summed E-state index contributed by atoms with van der Waals surface area (Å²) in [6.45, 7) is 0. The number of hydrogen-bond donors (Lipinski definition) is 0. The molecule has 11 aromatic carbocycles. The van der Waals surface area contributed by atoms with Crippen molar-refractivity contribution in [2.45, 2.75) is 0 Å². The van der Waals surface area contributed by atoms with Gasteiger partial charge in [0, 0.05) is 38.6 Å². The Bertz CT molecular complexity index is 3900. The van der Waals surface area contributed by atoms with Gasteiger partial charge in [-0.15, -0.1) is 0 Å². The summed E-state index contributed by atoms with van der Waals surface area (Å²) in [5, 5.41) is 9.47. The fourth-order valence-corrected chi connectivity index (χ4v) is 10.0. The number of benzene rings is 11. The molecule has 13 aromatic rings. The molecule has 0 unspecified atom stereocenters. The van der Waals surface area contributed by atoms with Crippen LogP contribution in [0.1, 0.15) is 0 Å². The van der Waals surface area contributed by atoms with Crippen LogP contribution in [0, 0.1) is 0 Å². The van der Waals surface area contributed by atoms with Gasteiger partial charge in [-0.05, 0) is 128 Å². The molecule has 0 aliphatic heterocycles. The molecule has 0 radical (unpaired) electrons. The number of fused-ring (bicyclic) bond motifs is 9. The normalized spacial score (nSPS) is 11.7. The van der Waals surface area contributed by atoms with E-state index in [1.807, 2.05) is 0 Å². The predicted octanol–water partition coefficient (Wildman–Crippen LogP) is 17.5. The highest BCUT2D eigenvalue weighted by atomic mass is 16.3.